The maximum Gasteiger partial charge on any atom is 0.315 e. The molecular formula is C11H20N4O. The van der Waals surface area contributed by atoms with Crippen molar-refractivity contribution in [3.05, 3.63) is 5.89 Å². The summed E-state index contributed by atoms with van der Waals surface area (Å²) in [4.78, 5) is 0. The lowest BCUT2D eigenvalue weighted by atomic mass is 10.00. The number of anilines is 1. The van der Waals surface area contributed by atoms with Crippen molar-refractivity contribution in [2.24, 2.45) is 0 Å². The summed E-state index contributed by atoms with van der Waals surface area (Å²) in [6, 6.07) is 0.521. The first-order chi connectivity index (χ1) is 7.54. The summed E-state index contributed by atoms with van der Waals surface area (Å²) in [7, 11) is 0. The fraction of sp³-hybridized carbons (Fsp3) is 0.818. The third-order valence-electron chi connectivity index (χ3n) is 2.57. The Morgan fingerprint density at radius 3 is 2.81 bits per heavy atom. The predicted octanol–water partition coefficient (Wildman–Crippen LogP) is 1.75. The van der Waals surface area contributed by atoms with Gasteiger partial charge >= 0.3 is 6.01 Å². The Labute approximate surface area is 96.0 Å². The van der Waals surface area contributed by atoms with Gasteiger partial charge in [0.2, 0.25) is 5.89 Å². The lowest BCUT2D eigenvalue weighted by Crippen LogP contribution is -2.28. The SMILES string of the molecule is CC(C)(C)Nc1nnc(C2CCCNC2)o1. The predicted molar refractivity (Wildman–Crippen MR) is 62.5 cm³/mol. The van der Waals surface area contributed by atoms with Crippen LogP contribution < -0.4 is 10.6 Å². The summed E-state index contributed by atoms with van der Waals surface area (Å²) in [6.07, 6.45) is 2.30. The van der Waals surface area contributed by atoms with Gasteiger partial charge in [0.1, 0.15) is 0 Å². The van der Waals surface area contributed by atoms with Crippen LogP contribution in [0.3, 0.4) is 0 Å². The Morgan fingerprint density at radius 2 is 2.19 bits per heavy atom. The van der Waals surface area contributed by atoms with Crippen LogP contribution in [0, 0.1) is 0 Å². The van der Waals surface area contributed by atoms with Gasteiger partial charge in [-0.3, -0.25) is 0 Å². The number of nitrogens with zero attached hydrogens (tertiary/aromatic N) is 2. The molecule has 1 unspecified atom stereocenters. The van der Waals surface area contributed by atoms with E-state index in [2.05, 4.69) is 41.6 Å². The monoisotopic (exact) mass is 224 g/mol. The number of hydrogen-bond acceptors (Lipinski definition) is 5. The molecule has 1 aromatic rings. The standard InChI is InChI=1S/C11H20N4O/c1-11(2,3)13-10-15-14-9(16-10)8-5-4-6-12-7-8/h8,12H,4-7H2,1-3H3,(H,13,15). The highest BCUT2D eigenvalue weighted by molar-refractivity contribution is 5.22. The second kappa shape index (κ2) is 4.41. The van der Waals surface area contributed by atoms with Crippen molar-refractivity contribution in [3.8, 4) is 0 Å². The van der Waals surface area contributed by atoms with Crippen LogP contribution in [-0.2, 0) is 0 Å². The molecule has 2 N–H and O–H groups in total. The Hall–Kier alpha value is -1.10. The van der Waals surface area contributed by atoms with Crippen molar-refractivity contribution < 1.29 is 4.42 Å². The second-order valence-electron chi connectivity index (χ2n) is 5.36. The highest BCUT2D eigenvalue weighted by atomic mass is 16.4. The summed E-state index contributed by atoms with van der Waals surface area (Å²) in [5.74, 6) is 1.12. The smallest absolute Gasteiger partial charge is 0.315 e. The molecule has 16 heavy (non-hydrogen) atoms. The molecule has 0 saturated carbocycles. The molecule has 2 heterocycles. The molecule has 90 valence electrons. The van der Waals surface area contributed by atoms with Crippen molar-refractivity contribution in [2.45, 2.75) is 45.1 Å². The molecule has 1 aliphatic rings. The number of hydrogen-bond donors (Lipinski definition) is 2. The maximum atomic E-state index is 5.63. The van der Waals surface area contributed by atoms with Crippen LogP contribution in [0.15, 0.2) is 4.42 Å². The molecule has 1 atom stereocenters. The van der Waals surface area contributed by atoms with Gasteiger partial charge in [-0.25, -0.2) is 0 Å². The van der Waals surface area contributed by atoms with E-state index >= 15 is 0 Å². The Balaban J connectivity index is 2.01. The molecule has 5 nitrogen and oxygen atoms in total. The topological polar surface area (TPSA) is 63.0 Å². The van der Waals surface area contributed by atoms with E-state index < -0.39 is 0 Å². The first-order valence-corrected chi connectivity index (χ1v) is 5.87. The van der Waals surface area contributed by atoms with Gasteiger partial charge in [-0.1, -0.05) is 5.10 Å². The minimum Gasteiger partial charge on any atom is -0.408 e. The van der Waals surface area contributed by atoms with Crippen LogP contribution in [0.5, 0.6) is 0 Å². The zero-order chi connectivity index (χ0) is 11.6. The lowest BCUT2D eigenvalue weighted by Gasteiger charge is -2.20. The average molecular weight is 224 g/mol. The number of rotatable bonds is 2. The highest BCUT2D eigenvalue weighted by Crippen LogP contribution is 2.24. The van der Waals surface area contributed by atoms with Crippen LogP contribution in [-0.4, -0.2) is 28.8 Å². The minimum absolute atomic E-state index is 0.0470. The zero-order valence-corrected chi connectivity index (χ0v) is 10.2. The summed E-state index contributed by atoms with van der Waals surface area (Å²) in [5.41, 5.74) is -0.0470. The Morgan fingerprint density at radius 1 is 1.38 bits per heavy atom. The van der Waals surface area contributed by atoms with E-state index in [0.717, 1.165) is 25.4 Å². The van der Waals surface area contributed by atoms with Crippen LogP contribution in [0.2, 0.25) is 0 Å². The van der Waals surface area contributed by atoms with E-state index in [1.54, 1.807) is 0 Å². The van der Waals surface area contributed by atoms with Gasteiger partial charge in [0.25, 0.3) is 0 Å². The maximum absolute atomic E-state index is 5.63. The Bertz CT molecular complexity index is 336. The van der Waals surface area contributed by atoms with E-state index in [1.807, 2.05) is 0 Å². The molecule has 1 fully saturated rings. The quantitative estimate of drug-likeness (QED) is 0.801. The molecule has 1 aliphatic heterocycles. The van der Waals surface area contributed by atoms with E-state index in [1.165, 1.54) is 6.42 Å². The Kier molecular flexibility index (Phi) is 3.14. The normalized spacial score (nSPS) is 22.1. The molecule has 1 aromatic heterocycles. The third kappa shape index (κ3) is 2.95. The van der Waals surface area contributed by atoms with Gasteiger partial charge in [-0.2, -0.15) is 0 Å². The number of nitrogens with one attached hydrogen (secondary N) is 2. The molecule has 0 spiro atoms. The van der Waals surface area contributed by atoms with Crippen LogP contribution in [0.1, 0.15) is 45.4 Å². The molecule has 0 aromatic carbocycles. The lowest BCUT2D eigenvalue weighted by molar-refractivity contribution is 0.378. The van der Waals surface area contributed by atoms with Crippen molar-refractivity contribution >= 4 is 6.01 Å². The molecule has 5 heteroatoms. The fourth-order valence-corrected chi connectivity index (χ4v) is 1.83. The van der Waals surface area contributed by atoms with Crippen molar-refractivity contribution in [1.29, 1.82) is 0 Å². The summed E-state index contributed by atoms with van der Waals surface area (Å²) in [6.45, 7) is 8.24. The fourth-order valence-electron chi connectivity index (χ4n) is 1.83. The van der Waals surface area contributed by atoms with Gasteiger partial charge in [-0.05, 0) is 40.2 Å². The first-order valence-electron chi connectivity index (χ1n) is 5.87. The van der Waals surface area contributed by atoms with Crippen LogP contribution in [0.4, 0.5) is 6.01 Å². The molecule has 1 saturated heterocycles. The second-order valence-corrected chi connectivity index (χ2v) is 5.36. The molecule has 0 amide bonds. The van der Waals surface area contributed by atoms with Crippen LogP contribution >= 0.6 is 0 Å². The first kappa shape index (κ1) is 11.4. The van der Waals surface area contributed by atoms with E-state index in [-0.39, 0.29) is 5.54 Å². The third-order valence-corrected chi connectivity index (χ3v) is 2.57. The molecule has 0 bridgehead atoms. The largest absolute Gasteiger partial charge is 0.408 e. The highest BCUT2D eigenvalue weighted by Gasteiger charge is 2.22. The van der Waals surface area contributed by atoms with Crippen molar-refractivity contribution in [3.63, 3.8) is 0 Å². The summed E-state index contributed by atoms with van der Waals surface area (Å²) >= 11 is 0. The van der Waals surface area contributed by atoms with Crippen molar-refractivity contribution in [1.82, 2.24) is 15.5 Å². The van der Waals surface area contributed by atoms with Gasteiger partial charge < -0.3 is 15.1 Å². The van der Waals surface area contributed by atoms with E-state index in [0.29, 0.717) is 11.9 Å². The van der Waals surface area contributed by atoms with Gasteiger partial charge in [0.05, 0.1) is 0 Å². The molecule has 0 radical (unpaired) electrons. The van der Waals surface area contributed by atoms with E-state index in [4.69, 9.17) is 4.42 Å². The molecule has 2 rings (SSSR count). The number of aromatic nitrogens is 2. The number of piperidine rings is 1. The average Bonchev–Trinajstić information content (AvgIpc) is 2.65. The van der Waals surface area contributed by atoms with Gasteiger partial charge in [0, 0.05) is 18.0 Å². The van der Waals surface area contributed by atoms with Crippen LogP contribution in [0.25, 0.3) is 0 Å². The zero-order valence-electron chi connectivity index (χ0n) is 10.2. The van der Waals surface area contributed by atoms with Gasteiger partial charge in [0.15, 0.2) is 0 Å². The van der Waals surface area contributed by atoms with E-state index in [9.17, 15) is 0 Å². The molecule has 0 aliphatic carbocycles. The summed E-state index contributed by atoms with van der Waals surface area (Å²) < 4.78 is 5.63. The van der Waals surface area contributed by atoms with Crippen molar-refractivity contribution in [2.75, 3.05) is 18.4 Å². The minimum atomic E-state index is -0.0470. The molecular weight excluding hydrogens is 204 g/mol. The summed E-state index contributed by atoms with van der Waals surface area (Å²) in [5, 5.41) is 14.6. The van der Waals surface area contributed by atoms with Gasteiger partial charge in [-0.15, -0.1) is 5.10 Å².